The van der Waals surface area contributed by atoms with Crippen molar-refractivity contribution in [1.29, 1.82) is 5.26 Å². The molecule has 4 heteroatoms. The Labute approximate surface area is 132 Å². The van der Waals surface area contributed by atoms with Crippen molar-refractivity contribution in [3.63, 3.8) is 0 Å². The van der Waals surface area contributed by atoms with Gasteiger partial charge >= 0.3 is 0 Å². The van der Waals surface area contributed by atoms with Crippen LogP contribution >= 0.6 is 0 Å². The van der Waals surface area contributed by atoms with Gasteiger partial charge < -0.3 is 10.2 Å². The van der Waals surface area contributed by atoms with Crippen molar-refractivity contribution in [3.05, 3.63) is 47.7 Å². The molecule has 22 heavy (non-hydrogen) atoms. The summed E-state index contributed by atoms with van der Waals surface area (Å²) in [6, 6.07) is 12.5. The Hall–Kier alpha value is -2.28. The molecule has 2 unspecified atom stereocenters. The summed E-state index contributed by atoms with van der Waals surface area (Å²) in [5.41, 5.74) is 1.20. The second-order valence-electron chi connectivity index (χ2n) is 5.90. The SMILES string of the molecule is CC1CCCC(C)N1/C=C(/C#N)C(=O)NCc1ccccc1. The van der Waals surface area contributed by atoms with E-state index in [0.717, 1.165) is 18.4 Å². The molecule has 2 rings (SSSR count). The van der Waals surface area contributed by atoms with Gasteiger partial charge in [0, 0.05) is 24.8 Å². The van der Waals surface area contributed by atoms with Gasteiger partial charge in [0.05, 0.1) is 0 Å². The maximum absolute atomic E-state index is 12.2. The predicted molar refractivity (Wildman–Crippen MR) is 86.6 cm³/mol. The average Bonchev–Trinajstić information content (AvgIpc) is 2.53. The van der Waals surface area contributed by atoms with Gasteiger partial charge in [0.15, 0.2) is 0 Å². The zero-order chi connectivity index (χ0) is 15.9. The van der Waals surface area contributed by atoms with E-state index >= 15 is 0 Å². The highest BCUT2D eigenvalue weighted by atomic mass is 16.1. The topological polar surface area (TPSA) is 56.1 Å². The number of benzene rings is 1. The van der Waals surface area contributed by atoms with Crippen LogP contribution in [0.25, 0.3) is 0 Å². The van der Waals surface area contributed by atoms with Crippen molar-refractivity contribution in [2.75, 3.05) is 0 Å². The summed E-state index contributed by atoms with van der Waals surface area (Å²) >= 11 is 0. The van der Waals surface area contributed by atoms with Gasteiger partial charge in [0.25, 0.3) is 5.91 Å². The van der Waals surface area contributed by atoms with Gasteiger partial charge in [-0.1, -0.05) is 30.3 Å². The molecular weight excluding hydrogens is 274 g/mol. The molecule has 1 aromatic carbocycles. The third-order valence-electron chi connectivity index (χ3n) is 4.20. The first-order chi connectivity index (χ1) is 10.6. The van der Waals surface area contributed by atoms with Crippen LogP contribution in [0.15, 0.2) is 42.1 Å². The van der Waals surface area contributed by atoms with E-state index in [0.29, 0.717) is 18.6 Å². The summed E-state index contributed by atoms with van der Waals surface area (Å²) < 4.78 is 0. The summed E-state index contributed by atoms with van der Waals surface area (Å²) in [5.74, 6) is -0.309. The molecule has 0 saturated carbocycles. The number of hydrogen-bond acceptors (Lipinski definition) is 3. The monoisotopic (exact) mass is 297 g/mol. The van der Waals surface area contributed by atoms with Gasteiger partial charge in [-0.2, -0.15) is 5.26 Å². The van der Waals surface area contributed by atoms with E-state index in [-0.39, 0.29) is 11.5 Å². The Morgan fingerprint density at radius 3 is 2.55 bits per heavy atom. The molecular formula is C18H23N3O. The number of carbonyl (C=O) groups excluding carboxylic acids is 1. The molecule has 1 saturated heterocycles. The highest BCUT2D eigenvalue weighted by Crippen LogP contribution is 2.23. The predicted octanol–water partition coefficient (Wildman–Crippen LogP) is 2.97. The summed E-state index contributed by atoms with van der Waals surface area (Å²) in [4.78, 5) is 14.3. The Bertz CT molecular complexity index is 564. The van der Waals surface area contributed by atoms with E-state index in [4.69, 9.17) is 0 Å². The molecule has 2 atom stereocenters. The molecule has 1 aliphatic rings. The lowest BCUT2D eigenvalue weighted by Crippen LogP contribution is -2.40. The molecule has 1 fully saturated rings. The van der Waals surface area contributed by atoms with Crippen LogP contribution in [0.2, 0.25) is 0 Å². The first kappa shape index (κ1) is 16.1. The minimum absolute atomic E-state index is 0.177. The lowest BCUT2D eigenvalue weighted by molar-refractivity contribution is -0.117. The fourth-order valence-corrected chi connectivity index (χ4v) is 2.86. The first-order valence-electron chi connectivity index (χ1n) is 7.83. The number of carbonyl (C=O) groups is 1. The summed E-state index contributed by atoms with van der Waals surface area (Å²) in [5, 5.41) is 12.1. The van der Waals surface area contributed by atoms with Crippen LogP contribution in [0.1, 0.15) is 38.7 Å². The molecule has 1 aromatic rings. The van der Waals surface area contributed by atoms with Crippen LogP contribution in [-0.4, -0.2) is 22.9 Å². The van der Waals surface area contributed by atoms with Crippen molar-refractivity contribution < 1.29 is 4.79 Å². The number of nitrogens with one attached hydrogen (secondary N) is 1. The van der Waals surface area contributed by atoms with Gasteiger partial charge in [0.1, 0.15) is 11.6 Å². The van der Waals surface area contributed by atoms with E-state index in [1.54, 1.807) is 6.20 Å². The maximum atomic E-state index is 12.2. The molecule has 116 valence electrons. The van der Waals surface area contributed by atoms with Crippen LogP contribution < -0.4 is 5.32 Å². The third-order valence-corrected chi connectivity index (χ3v) is 4.20. The molecule has 1 aliphatic heterocycles. The van der Waals surface area contributed by atoms with Crippen LogP contribution in [0.5, 0.6) is 0 Å². The van der Waals surface area contributed by atoms with Crippen molar-refractivity contribution in [3.8, 4) is 6.07 Å². The number of rotatable bonds is 4. The first-order valence-corrected chi connectivity index (χ1v) is 7.83. The molecule has 0 aliphatic carbocycles. The van der Waals surface area contributed by atoms with Crippen molar-refractivity contribution in [2.24, 2.45) is 0 Å². The Morgan fingerprint density at radius 1 is 1.32 bits per heavy atom. The highest BCUT2D eigenvalue weighted by Gasteiger charge is 2.23. The van der Waals surface area contributed by atoms with Crippen LogP contribution in [-0.2, 0) is 11.3 Å². The van der Waals surface area contributed by atoms with Gasteiger partial charge in [-0.3, -0.25) is 4.79 Å². The van der Waals surface area contributed by atoms with Crippen molar-refractivity contribution >= 4 is 5.91 Å². The van der Waals surface area contributed by atoms with E-state index in [1.807, 2.05) is 36.4 Å². The van der Waals surface area contributed by atoms with Crippen LogP contribution in [0.3, 0.4) is 0 Å². The maximum Gasteiger partial charge on any atom is 0.263 e. The zero-order valence-corrected chi connectivity index (χ0v) is 13.2. The number of likely N-dealkylation sites (tertiary alicyclic amines) is 1. The molecule has 0 aromatic heterocycles. The zero-order valence-electron chi connectivity index (χ0n) is 13.2. The van der Waals surface area contributed by atoms with E-state index in [9.17, 15) is 10.1 Å². The molecule has 4 nitrogen and oxygen atoms in total. The molecule has 1 N–H and O–H groups in total. The third kappa shape index (κ3) is 4.11. The van der Waals surface area contributed by atoms with Crippen molar-refractivity contribution in [2.45, 2.75) is 51.7 Å². The molecule has 1 heterocycles. The quantitative estimate of drug-likeness (QED) is 0.686. The smallest absolute Gasteiger partial charge is 0.263 e. The van der Waals surface area contributed by atoms with Crippen LogP contribution in [0, 0.1) is 11.3 Å². The second kappa shape index (κ2) is 7.65. The van der Waals surface area contributed by atoms with E-state index in [2.05, 4.69) is 24.1 Å². The summed E-state index contributed by atoms with van der Waals surface area (Å²) in [6.07, 6.45) is 5.14. The number of nitriles is 1. The standard InChI is InChI=1S/C18H23N3O/c1-14-7-6-8-15(2)21(14)13-17(11-19)18(22)20-12-16-9-4-3-5-10-16/h3-5,9-10,13-15H,6-8,12H2,1-2H3,(H,20,22)/b17-13-. The normalized spacial score (nSPS) is 22.0. The average molecular weight is 297 g/mol. The second-order valence-corrected chi connectivity index (χ2v) is 5.90. The molecule has 0 radical (unpaired) electrons. The number of hydrogen-bond donors (Lipinski definition) is 1. The Balaban J connectivity index is 2.02. The molecule has 0 spiro atoms. The number of nitrogens with zero attached hydrogens (tertiary/aromatic N) is 2. The van der Waals surface area contributed by atoms with E-state index in [1.165, 1.54) is 6.42 Å². The van der Waals surface area contributed by atoms with Gasteiger partial charge in [-0.05, 0) is 38.7 Å². The van der Waals surface area contributed by atoms with Crippen LogP contribution in [0.4, 0.5) is 0 Å². The minimum atomic E-state index is -0.309. The fraction of sp³-hybridized carbons (Fsp3) is 0.444. The van der Waals surface area contributed by atoms with Gasteiger partial charge in [-0.15, -0.1) is 0 Å². The van der Waals surface area contributed by atoms with E-state index < -0.39 is 0 Å². The van der Waals surface area contributed by atoms with Crippen molar-refractivity contribution in [1.82, 2.24) is 10.2 Å². The summed E-state index contributed by atoms with van der Waals surface area (Å²) in [7, 11) is 0. The van der Waals surface area contributed by atoms with Gasteiger partial charge in [-0.25, -0.2) is 0 Å². The number of amides is 1. The van der Waals surface area contributed by atoms with Gasteiger partial charge in [0.2, 0.25) is 0 Å². The lowest BCUT2D eigenvalue weighted by atomic mass is 9.98. The minimum Gasteiger partial charge on any atom is -0.371 e. The summed E-state index contributed by atoms with van der Waals surface area (Å²) in [6.45, 7) is 4.72. The highest BCUT2D eigenvalue weighted by molar-refractivity contribution is 5.97. The molecule has 0 bridgehead atoms. The largest absolute Gasteiger partial charge is 0.371 e. The molecule has 1 amide bonds. The fourth-order valence-electron chi connectivity index (χ4n) is 2.86. The Kier molecular flexibility index (Phi) is 5.60. The Morgan fingerprint density at radius 2 is 1.95 bits per heavy atom. The lowest BCUT2D eigenvalue weighted by Gasteiger charge is -2.38. The number of piperidine rings is 1.